The number of anilines is 1. The molecule has 1 aromatic heterocycles. The maximum absolute atomic E-state index is 10.4. The fraction of sp³-hybridized carbons (Fsp3) is 0.667. The Morgan fingerprint density at radius 2 is 2.36 bits per heavy atom. The van der Waals surface area contributed by atoms with Gasteiger partial charge in [0.05, 0.1) is 4.88 Å². The second-order valence-electron chi connectivity index (χ2n) is 3.56. The number of nitrogen functional groups attached to an aromatic ring is 1. The molecule has 0 aromatic carbocycles. The molecule has 0 radical (unpaired) electrons. The molecular formula is C9H14N2O2S. The first-order valence-electron chi connectivity index (χ1n) is 4.73. The van der Waals surface area contributed by atoms with Crippen LogP contribution in [0.3, 0.4) is 0 Å². The van der Waals surface area contributed by atoms with Gasteiger partial charge in [-0.1, -0.05) is 11.3 Å². The number of hydrogen-bond acceptors (Lipinski definition) is 5. The number of rotatable bonds is 1. The van der Waals surface area contributed by atoms with Gasteiger partial charge in [-0.3, -0.25) is 0 Å². The summed E-state index contributed by atoms with van der Waals surface area (Å²) in [5, 5.41) is 10.9. The van der Waals surface area contributed by atoms with Crippen LogP contribution in [0.25, 0.3) is 0 Å². The quantitative estimate of drug-likeness (QED) is 0.735. The van der Waals surface area contributed by atoms with Crippen molar-refractivity contribution in [3.05, 3.63) is 11.1 Å². The number of nitrogens with zero attached hydrogens (tertiary/aromatic N) is 1. The Labute approximate surface area is 86.7 Å². The molecule has 0 bridgehead atoms. The van der Waals surface area contributed by atoms with Gasteiger partial charge in [0.25, 0.3) is 0 Å². The van der Waals surface area contributed by atoms with Crippen LogP contribution in [0.2, 0.25) is 0 Å². The van der Waals surface area contributed by atoms with Crippen molar-refractivity contribution in [2.24, 2.45) is 0 Å². The molecule has 4 nitrogen and oxygen atoms in total. The zero-order chi connectivity index (χ0) is 10.0. The SMILES string of the molecule is Nc1ncc(C2(O)CCCOCC2)s1. The molecule has 0 spiro atoms. The third kappa shape index (κ3) is 1.89. The molecule has 0 aliphatic carbocycles. The summed E-state index contributed by atoms with van der Waals surface area (Å²) in [7, 11) is 0. The molecule has 0 saturated carbocycles. The molecule has 1 atom stereocenters. The highest BCUT2D eigenvalue weighted by Crippen LogP contribution is 2.35. The zero-order valence-corrected chi connectivity index (χ0v) is 8.72. The van der Waals surface area contributed by atoms with Crippen molar-refractivity contribution in [1.29, 1.82) is 0 Å². The number of ether oxygens (including phenoxy) is 1. The molecule has 1 aromatic rings. The average Bonchev–Trinajstić information content (AvgIpc) is 2.47. The molecule has 1 saturated heterocycles. The largest absolute Gasteiger partial charge is 0.384 e. The molecule has 2 rings (SSSR count). The van der Waals surface area contributed by atoms with Gasteiger partial charge in [0, 0.05) is 25.8 Å². The molecule has 78 valence electrons. The predicted molar refractivity (Wildman–Crippen MR) is 55.1 cm³/mol. The summed E-state index contributed by atoms with van der Waals surface area (Å²) in [4.78, 5) is 4.82. The number of aliphatic hydroxyl groups is 1. The first-order valence-corrected chi connectivity index (χ1v) is 5.54. The van der Waals surface area contributed by atoms with E-state index in [-0.39, 0.29) is 0 Å². The number of aromatic nitrogens is 1. The highest BCUT2D eigenvalue weighted by molar-refractivity contribution is 7.15. The fourth-order valence-electron chi connectivity index (χ4n) is 1.68. The molecule has 1 aliphatic heterocycles. The third-order valence-electron chi connectivity index (χ3n) is 2.52. The highest BCUT2D eigenvalue weighted by Gasteiger charge is 2.32. The maximum Gasteiger partial charge on any atom is 0.180 e. The lowest BCUT2D eigenvalue weighted by molar-refractivity contribution is 0.0176. The summed E-state index contributed by atoms with van der Waals surface area (Å²) in [6, 6.07) is 0. The van der Waals surface area contributed by atoms with Gasteiger partial charge in [-0.15, -0.1) is 0 Å². The Morgan fingerprint density at radius 3 is 3.07 bits per heavy atom. The van der Waals surface area contributed by atoms with Gasteiger partial charge >= 0.3 is 0 Å². The Morgan fingerprint density at radius 1 is 1.50 bits per heavy atom. The van der Waals surface area contributed by atoms with Crippen LogP contribution in [-0.2, 0) is 10.3 Å². The van der Waals surface area contributed by atoms with E-state index >= 15 is 0 Å². The van der Waals surface area contributed by atoms with E-state index in [9.17, 15) is 5.11 Å². The minimum Gasteiger partial charge on any atom is -0.384 e. The van der Waals surface area contributed by atoms with E-state index < -0.39 is 5.60 Å². The van der Waals surface area contributed by atoms with E-state index in [0.717, 1.165) is 24.3 Å². The molecule has 2 heterocycles. The second kappa shape index (κ2) is 3.84. The normalized spacial score (nSPS) is 28.6. The van der Waals surface area contributed by atoms with Crippen molar-refractivity contribution in [3.8, 4) is 0 Å². The molecule has 1 fully saturated rings. The van der Waals surface area contributed by atoms with Crippen LogP contribution < -0.4 is 5.73 Å². The van der Waals surface area contributed by atoms with Gasteiger partial charge in [0.1, 0.15) is 5.60 Å². The smallest absolute Gasteiger partial charge is 0.180 e. The van der Waals surface area contributed by atoms with Crippen LogP contribution in [0.1, 0.15) is 24.1 Å². The monoisotopic (exact) mass is 214 g/mol. The first-order chi connectivity index (χ1) is 6.71. The van der Waals surface area contributed by atoms with Crippen molar-refractivity contribution >= 4 is 16.5 Å². The summed E-state index contributed by atoms with van der Waals surface area (Å²) >= 11 is 1.36. The van der Waals surface area contributed by atoms with Gasteiger partial charge in [-0.2, -0.15) is 0 Å². The van der Waals surface area contributed by atoms with Gasteiger partial charge in [0.15, 0.2) is 5.13 Å². The number of hydrogen-bond donors (Lipinski definition) is 2. The standard InChI is InChI=1S/C9H14N2O2S/c10-8-11-6-7(14-8)9(12)2-1-4-13-5-3-9/h6,12H,1-5H2,(H2,10,11). The van der Waals surface area contributed by atoms with Crippen molar-refractivity contribution in [2.75, 3.05) is 18.9 Å². The van der Waals surface area contributed by atoms with Crippen LogP contribution in [0.5, 0.6) is 0 Å². The summed E-state index contributed by atoms with van der Waals surface area (Å²) in [6.45, 7) is 1.34. The fourth-order valence-corrected chi connectivity index (χ4v) is 2.51. The lowest BCUT2D eigenvalue weighted by Crippen LogP contribution is -2.24. The lowest BCUT2D eigenvalue weighted by Gasteiger charge is -2.23. The number of nitrogens with two attached hydrogens (primary N) is 1. The van der Waals surface area contributed by atoms with Crippen molar-refractivity contribution in [1.82, 2.24) is 4.98 Å². The van der Waals surface area contributed by atoms with Crippen LogP contribution in [0.4, 0.5) is 5.13 Å². The zero-order valence-electron chi connectivity index (χ0n) is 7.90. The topological polar surface area (TPSA) is 68.4 Å². The summed E-state index contributed by atoms with van der Waals surface area (Å²) in [5.74, 6) is 0. The molecule has 1 unspecified atom stereocenters. The van der Waals surface area contributed by atoms with E-state index in [4.69, 9.17) is 10.5 Å². The van der Waals surface area contributed by atoms with Crippen molar-refractivity contribution in [3.63, 3.8) is 0 Å². The van der Waals surface area contributed by atoms with Crippen molar-refractivity contribution < 1.29 is 9.84 Å². The minimum atomic E-state index is -0.772. The molecule has 5 heteroatoms. The summed E-state index contributed by atoms with van der Waals surface area (Å²) < 4.78 is 5.31. The minimum absolute atomic E-state index is 0.513. The molecular weight excluding hydrogens is 200 g/mol. The Kier molecular flexibility index (Phi) is 2.71. The van der Waals surface area contributed by atoms with E-state index in [1.54, 1.807) is 6.20 Å². The van der Waals surface area contributed by atoms with E-state index in [2.05, 4.69) is 4.98 Å². The lowest BCUT2D eigenvalue weighted by atomic mass is 9.94. The van der Waals surface area contributed by atoms with E-state index in [1.807, 2.05) is 0 Å². The Bertz CT molecular complexity index is 306. The second-order valence-corrected chi connectivity index (χ2v) is 4.62. The first kappa shape index (κ1) is 9.89. The van der Waals surface area contributed by atoms with Crippen LogP contribution in [0.15, 0.2) is 6.20 Å². The van der Waals surface area contributed by atoms with E-state index in [1.165, 1.54) is 11.3 Å². The van der Waals surface area contributed by atoms with Gasteiger partial charge in [-0.05, 0) is 12.8 Å². The van der Waals surface area contributed by atoms with E-state index in [0.29, 0.717) is 18.2 Å². The molecule has 3 N–H and O–H groups in total. The van der Waals surface area contributed by atoms with Crippen molar-refractivity contribution in [2.45, 2.75) is 24.9 Å². The van der Waals surface area contributed by atoms with Crippen LogP contribution in [0, 0.1) is 0 Å². The molecule has 0 amide bonds. The summed E-state index contributed by atoms with van der Waals surface area (Å²) in [5.41, 5.74) is 4.78. The van der Waals surface area contributed by atoms with Gasteiger partial charge in [-0.25, -0.2) is 4.98 Å². The summed E-state index contributed by atoms with van der Waals surface area (Å²) in [6.07, 6.45) is 3.92. The molecule has 1 aliphatic rings. The number of thiazole rings is 1. The average molecular weight is 214 g/mol. The third-order valence-corrected chi connectivity index (χ3v) is 3.54. The van der Waals surface area contributed by atoms with Gasteiger partial charge < -0.3 is 15.6 Å². The van der Waals surface area contributed by atoms with Crippen LogP contribution >= 0.6 is 11.3 Å². The highest BCUT2D eigenvalue weighted by atomic mass is 32.1. The Hall–Kier alpha value is -0.650. The molecule has 14 heavy (non-hydrogen) atoms. The Balaban J connectivity index is 2.20. The van der Waals surface area contributed by atoms with Gasteiger partial charge in [0.2, 0.25) is 0 Å². The predicted octanol–water partition coefficient (Wildman–Crippen LogP) is 1.11. The van der Waals surface area contributed by atoms with Crippen LogP contribution in [-0.4, -0.2) is 23.3 Å². The maximum atomic E-state index is 10.4.